The number of rotatable bonds is 3. The molecule has 106 valence electrons. The molecule has 0 atom stereocenters. The van der Waals surface area contributed by atoms with Gasteiger partial charge in [-0.1, -0.05) is 12.1 Å². The van der Waals surface area contributed by atoms with E-state index in [-0.39, 0.29) is 17.9 Å². The molecule has 0 aliphatic heterocycles. The Kier molecular flexibility index (Phi) is 3.78. The van der Waals surface area contributed by atoms with E-state index >= 15 is 0 Å². The van der Waals surface area contributed by atoms with Crippen molar-refractivity contribution in [2.75, 3.05) is 12.8 Å². The fourth-order valence-corrected chi connectivity index (χ4v) is 1.64. The zero-order valence-electron chi connectivity index (χ0n) is 10.6. The number of nitrogens with two attached hydrogens (primary N) is 1. The molecule has 20 heavy (non-hydrogen) atoms. The summed E-state index contributed by atoms with van der Waals surface area (Å²) in [6.07, 6.45) is -3.73. The van der Waals surface area contributed by atoms with Crippen LogP contribution in [0.1, 0.15) is 17.0 Å². The summed E-state index contributed by atoms with van der Waals surface area (Å²) in [5.41, 5.74) is 5.40. The lowest BCUT2D eigenvalue weighted by Gasteiger charge is -2.09. The number of nitrogens with zero attached hydrogens (tertiary/aromatic N) is 2. The van der Waals surface area contributed by atoms with Crippen molar-refractivity contribution in [2.45, 2.75) is 12.6 Å². The van der Waals surface area contributed by atoms with Gasteiger partial charge in [-0.15, -0.1) is 0 Å². The molecule has 2 rings (SSSR count). The first-order valence-electron chi connectivity index (χ1n) is 5.71. The number of halogens is 3. The molecule has 2 aromatic rings. The van der Waals surface area contributed by atoms with Crippen molar-refractivity contribution in [1.82, 2.24) is 9.97 Å². The minimum absolute atomic E-state index is 0.00572. The van der Waals surface area contributed by atoms with E-state index in [0.29, 0.717) is 11.9 Å². The monoisotopic (exact) mass is 283 g/mol. The summed E-state index contributed by atoms with van der Waals surface area (Å²) in [6, 6.07) is 6.90. The first-order chi connectivity index (χ1) is 9.40. The van der Waals surface area contributed by atoms with Gasteiger partial charge in [0.25, 0.3) is 0 Å². The normalized spacial score (nSPS) is 11.4. The molecule has 2 N–H and O–H groups in total. The van der Waals surface area contributed by atoms with Crippen molar-refractivity contribution < 1.29 is 17.9 Å². The Bertz CT molecular complexity index is 597. The van der Waals surface area contributed by atoms with Crippen molar-refractivity contribution in [3.05, 3.63) is 47.4 Å². The minimum Gasteiger partial charge on any atom is -0.497 e. The number of ether oxygens (including phenoxy) is 1. The molecule has 1 heterocycles. The van der Waals surface area contributed by atoms with E-state index in [1.165, 1.54) is 7.11 Å². The van der Waals surface area contributed by atoms with Crippen LogP contribution in [0.4, 0.5) is 19.0 Å². The molecule has 0 saturated carbocycles. The molecule has 0 amide bonds. The second-order valence-electron chi connectivity index (χ2n) is 4.11. The van der Waals surface area contributed by atoms with Crippen molar-refractivity contribution in [3.63, 3.8) is 0 Å². The van der Waals surface area contributed by atoms with E-state index in [4.69, 9.17) is 10.5 Å². The van der Waals surface area contributed by atoms with E-state index in [1.54, 1.807) is 24.3 Å². The lowest BCUT2D eigenvalue weighted by Crippen LogP contribution is -2.12. The second kappa shape index (κ2) is 5.36. The van der Waals surface area contributed by atoms with Gasteiger partial charge >= 0.3 is 6.18 Å². The highest BCUT2D eigenvalue weighted by Gasteiger charge is 2.33. The third-order valence-corrected chi connectivity index (χ3v) is 2.70. The Balaban J connectivity index is 2.27. The number of alkyl halides is 3. The molecular weight excluding hydrogens is 271 g/mol. The topological polar surface area (TPSA) is 61.0 Å². The maximum absolute atomic E-state index is 12.6. The average molecular weight is 283 g/mol. The quantitative estimate of drug-likeness (QED) is 0.940. The van der Waals surface area contributed by atoms with Gasteiger partial charge in [0.1, 0.15) is 11.6 Å². The van der Waals surface area contributed by atoms with Crippen LogP contribution in [0, 0.1) is 0 Å². The van der Waals surface area contributed by atoms with Crippen LogP contribution in [0.25, 0.3) is 0 Å². The van der Waals surface area contributed by atoms with Gasteiger partial charge in [0.05, 0.1) is 19.0 Å². The molecule has 1 aromatic heterocycles. The fraction of sp³-hybridized carbons (Fsp3) is 0.231. The number of benzene rings is 1. The summed E-state index contributed by atoms with van der Waals surface area (Å²) < 4.78 is 42.7. The first-order valence-corrected chi connectivity index (χ1v) is 5.71. The number of hydrogen-bond donors (Lipinski definition) is 1. The number of anilines is 1. The molecule has 0 fully saturated rings. The van der Waals surface area contributed by atoms with Gasteiger partial charge in [-0.3, -0.25) is 0 Å². The van der Waals surface area contributed by atoms with Crippen LogP contribution in [0.15, 0.2) is 30.5 Å². The van der Waals surface area contributed by atoms with Gasteiger partial charge < -0.3 is 10.5 Å². The number of methoxy groups -OCH3 is 1. The summed E-state index contributed by atoms with van der Waals surface area (Å²) >= 11 is 0. The van der Waals surface area contributed by atoms with Crippen LogP contribution in [0.5, 0.6) is 5.75 Å². The molecule has 0 unspecified atom stereocenters. The SMILES string of the molecule is COc1ccc(Cc2nc(C(F)(F)F)cnc2N)cc1. The molecule has 7 heteroatoms. The largest absolute Gasteiger partial charge is 0.497 e. The van der Waals surface area contributed by atoms with Gasteiger partial charge in [-0.2, -0.15) is 13.2 Å². The van der Waals surface area contributed by atoms with Gasteiger partial charge in [0.15, 0.2) is 5.69 Å². The molecule has 0 spiro atoms. The highest BCUT2D eigenvalue weighted by molar-refractivity contribution is 5.39. The van der Waals surface area contributed by atoms with Crippen molar-refractivity contribution >= 4 is 5.82 Å². The predicted octanol–water partition coefficient (Wildman–Crippen LogP) is 2.68. The lowest BCUT2D eigenvalue weighted by atomic mass is 10.1. The molecule has 0 aliphatic carbocycles. The Labute approximate surface area is 113 Å². The third kappa shape index (κ3) is 3.17. The number of nitrogen functional groups attached to an aromatic ring is 1. The van der Waals surface area contributed by atoms with Gasteiger partial charge in [0, 0.05) is 6.42 Å². The molecule has 0 aliphatic rings. The maximum atomic E-state index is 12.6. The van der Waals surface area contributed by atoms with E-state index in [0.717, 1.165) is 5.56 Å². The molecule has 0 saturated heterocycles. The van der Waals surface area contributed by atoms with E-state index in [1.807, 2.05) is 0 Å². The van der Waals surface area contributed by atoms with E-state index in [9.17, 15) is 13.2 Å². The van der Waals surface area contributed by atoms with Crippen LogP contribution in [0.3, 0.4) is 0 Å². The smallest absolute Gasteiger partial charge is 0.434 e. The number of hydrogen-bond acceptors (Lipinski definition) is 4. The molecule has 0 bridgehead atoms. The zero-order chi connectivity index (χ0) is 14.8. The summed E-state index contributed by atoms with van der Waals surface area (Å²) in [7, 11) is 1.53. The Morgan fingerprint density at radius 2 is 1.85 bits per heavy atom. The summed E-state index contributed by atoms with van der Waals surface area (Å²) in [5, 5.41) is 0. The molecular formula is C13H12F3N3O. The van der Waals surface area contributed by atoms with Crippen LogP contribution in [-0.2, 0) is 12.6 Å². The second-order valence-corrected chi connectivity index (χ2v) is 4.11. The van der Waals surface area contributed by atoms with E-state index in [2.05, 4.69) is 9.97 Å². The third-order valence-electron chi connectivity index (χ3n) is 2.70. The predicted molar refractivity (Wildman–Crippen MR) is 67.2 cm³/mol. The van der Waals surface area contributed by atoms with Crippen LogP contribution in [-0.4, -0.2) is 17.1 Å². The van der Waals surface area contributed by atoms with Gasteiger partial charge in [0.2, 0.25) is 0 Å². The molecule has 0 radical (unpaired) electrons. The fourth-order valence-electron chi connectivity index (χ4n) is 1.64. The number of aromatic nitrogens is 2. The highest BCUT2D eigenvalue weighted by atomic mass is 19.4. The van der Waals surface area contributed by atoms with Crippen LogP contribution in [0.2, 0.25) is 0 Å². The standard InChI is InChI=1S/C13H12F3N3O/c1-20-9-4-2-8(3-5-9)6-10-12(17)18-7-11(19-10)13(14,15)16/h2-5,7H,6H2,1H3,(H2,17,18). The summed E-state index contributed by atoms with van der Waals surface area (Å²) in [6.45, 7) is 0. The molecule has 4 nitrogen and oxygen atoms in total. The Morgan fingerprint density at radius 3 is 2.40 bits per heavy atom. The van der Waals surface area contributed by atoms with Crippen molar-refractivity contribution in [1.29, 1.82) is 0 Å². The Hall–Kier alpha value is -2.31. The lowest BCUT2D eigenvalue weighted by molar-refractivity contribution is -0.141. The first kappa shape index (κ1) is 14.1. The van der Waals surface area contributed by atoms with E-state index < -0.39 is 11.9 Å². The summed E-state index contributed by atoms with van der Waals surface area (Å²) in [5.74, 6) is 0.658. The average Bonchev–Trinajstić information content (AvgIpc) is 2.41. The van der Waals surface area contributed by atoms with Gasteiger partial charge in [-0.25, -0.2) is 9.97 Å². The Morgan fingerprint density at radius 1 is 1.20 bits per heavy atom. The van der Waals surface area contributed by atoms with Gasteiger partial charge in [-0.05, 0) is 17.7 Å². The maximum Gasteiger partial charge on any atom is 0.434 e. The van der Waals surface area contributed by atoms with Crippen molar-refractivity contribution in [3.8, 4) is 5.75 Å². The van der Waals surface area contributed by atoms with Crippen molar-refractivity contribution in [2.24, 2.45) is 0 Å². The van der Waals surface area contributed by atoms with Crippen LogP contribution < -0.4 is 10.5 Å². The van der Waals surface area contributed by atoms with Crippen LogP contribution >= 0.6 is 0 Å². The highest BCUT2D eigenvalue weighted by Crippen LogP contribution is 2.28. The summed E-state index contributed by atoms with van der Waals surface area (Å²) in [4.78, 5) is 7.08. The molecule has 1 aromatic carbocycles. The minimum atomic E-state index is -4.53. The zero-order valence-corrected chi connectivity index (χ0v) is 10.6.